The van der Waals surface area contributed by atoms with Gasteiger partial charge in [-0.25, -0.2) is 14.4 Å². The Bertz CT molecular complexity index is 660. The van der Waals surface area contributed by atoms with E-state index < -0.39 is 17.9 Å². The molecule has 0 rings (SSSR count). The van der Waals surface area contributed by atoms with Crippen molar-refractivity contribution in [2.75, 3.05) is 20.3 Å². The van der Waals surface area contributed by atoms with Crippen molar-refractivity contribution < 1.29 is 43.3 Å². The summed E-state index contributed by atoms with van der Waals surface area (Å²) in [4.78, 5) is 52.5. The first-order valence-electron chi connectivity index (χ1n) is 9.42. The van der Waals surface area contributed by atoms with Crippen LogP contribution in [0.1, 0.15) is 53.4 Å². The molecule has 9 nitrogen and oxygen atoms in total. The lowest BCUT2D eigenvalue weighted by Crippen LogP contribution is -2.15. The minimum Gasteiger partial charge on any atom is -0.478 e. The van der Waals surface area contributed by atoms with Gasteiger partial charge in [-0.1, -0.05) is 33.1 Å². The van der Waals surface area contributed by atoms with Gasteiger partial charge in [0.2, 0.25) is 0 Å². The Hall–Kier alpha value is -3.23. The van der Waals surface area contributed by atoms with Gasteiger partial charge in [0.05, 0.1) is 7.11 Å². The van der Waals surface area contributed by atoms with E-state index in [0.29, 0.717) is 17.6 Å². The van der Waals surface area contributed by atoms with Gasteiger partial charge in [-0.2, -0.15) is 0 Å². The quantitative estimate of drug-likeness (QED) is 0.168. The fourth-order valence-electron chi connectivity index (χ4n) is 1.34. The number of aliphatic carboxylic acids is 1. The number of Topliss-reactive ketones (excluding diaryl/α,β-unsaturated/α-hetero) is 1. The van der Waals surface area contributed by atoms with Crippen LogP contribution < -0.4 is 0 Å². The van der Waals surface area contributed by atoms with Crippen LogP contribution in [-0.2, 0) is 38.2 Å². The number of rotatable bonds is 11. The van der Waals surface area contributed by atoms with Crippen LogP contribution in [0.25, 0.3) is 0 Å². The molecule has 0 aliphatic heterocycles. The molecule has 0 saturated carbocycles. The van der Waals surface area contributed by atoms with Crippen LogP contribution in [-0.4, -0.2) is 55.1 Å². The molecular weight excluding hydrogens is 408 g/mol. The monoisotopic (exact) mass is 442 g/mol. The van der Waals surface area contributed by atoms with Gasteiger partial charge in [0.1, 0.15) is 25.4 Å². The highest BCUT2D eigenvalue weighted by atomic mass is 16.6. The molecule has 0 fully saturated rings. The van der Waals surface area contributed by atoms with E-state index >= 15 is 0 Å². The third-order valence-corrected chi connectivity index (χ3v) is 2.99. The lowest BCUT2D eigenvalue weighted by molar-refractivity contribution is -0.151. The summed E-state index contributed by atoms with van der Waals surface area (Å²) in [6.45, 7) is 16.5. The van der Waals surface area contributed by atoms with Gasteiger partial charge in [-0.05, 0) is 33.6 Å². The number of ether oxygens (including phenoxy) is 3. The first-order valence-corrected chi connectivity index (χ1v) is 9.42. The van der Waals surface area contributed by atoms with Crippen LogP contribution in [0.3, 0.4) is 0 Å². The van der Waals surface area contributed by atoms with E-state index in [2.05, 4.69) is 33.9 Å². The number of esters is 3. The van der Waals surface area contributed by atoms with Crippen LogP contribution >= 0.6 is 0 Å². The summed E-state index contributed by atoms with van der Waals surface area (Å²) in [6.07, 6.45) is 2.30. The van der Waals surface area contributed by atoms with E-state index in [1.165, 1.54) is 21.0 Å². The lowest BCUT2D eigenvalue weighted by Gasteiger charge is -2.05. The Morgan fingerprint density at radius 3 is 1.65 bits per heavy atom. The fraction of sp³-hybridized carbons (Fsp3) is 0.500. The molecule has 0 aromatic heterocycles. The predicted molar refractivity (Wildman–Crippen MR) is 115 cm³/mol. The topological polar surface area (TPSA) is 133 Å². The van der Waals surface area contributed by atoms with E-state index in [-0.39, 0.29) is 37.0 Å². The molecule has 0 aromatic rings. The van der Waals surface area contributed by atoms with Gasteiger partial charge in [0, 0.05) is 16.7 Å². The highest BCUT2D eigenvalue weighted by Crippen LogP contribution is 2.03. The SMILES string of the molecule is C=C(C)C(=O)OC.C=C(C)C(=O)OCCOC(=O)CC(C)=O.C=C(CCCC)C(=O)O. The second-order valence-corrected chi connectivity index (χ2v) is 6.30. The summed E-state index contributed by atoms with van der Waals surface area (Å²) >= 11 is 0. The summed E-state index contributed by atoms with van der Waals surface area (Å²) in [6, 6.07) is 0. The van der Waals surface area contributed by atoms with Crippen LogP contribution in [0, 0.1) is 0 Å². The highest BCUT2D eigenvalue weighted by molar-refractivity contribution is 5.94. The molecule has 0 aliphatic rings. The Morgan fingerprint density at radius 2 is 1.32 bits per heavy atom. The molecule has 0 amide bonds. The maximum Gasteiger partial charge on any atom is 0.333 e. The molecule has 0 bridgehead atoms. The predicted octanol–water partition coefficient (Wildman–Crippen LogP) is 3.18. The molecule has 0 radical (unpaired) electrons. The molecule has 0 aliphatic carbocycles. The summed E-state index contributed by atoms with van der Waals surface area (Å²) in [5.41, 5.74) is 1.03. The van der Waals surface area contributed by atoms with Gasteiger partial charge in [0.15, 0.2) is 0 Å². The third-order valence-electron chi connectivity index (χ3n) is 2.99. The zero-order valence-electron chi connectivity index (χ0n) is 19.1. The molecule has 0 spiro atoms. The van der Waals surface area contributed by atoms with Crippen molar-refractivity contribution in [3.05, 3.63) is 36.5 Å². The van der Waals surface area contributed by atoms with E-state index in [9.17, 15) is 24.0 Å². The number of hydrogen-bond acceptors (Lipinski definition) is 8. The number of carbonyl (C=O) groups is 5. The molecule has 9 heteroatoms. The Labute approximate surface area is 183 Å². The largest absolute Gasteiger partial charge is 0.478 e. The first-order chi connectivity index (χ1) is 14.3. The maximum absolute atomic E-state index is 10.8. The van der Waals surface area contributed by atoms with Gasteiger partial charge >= 0.3 is 23.9 Å². The second-order valence-electron chi connectivity index (χ2n) is 6.30. The number of ketones is 1. The molecule has 1 N–H and O–H groups in total. The normalized spacial score (nSPS) is 8.81. The van der Waals surface area contributed by atoms with Crippen molar-refractivity contribution in [1.82, 2.24) is 0 Å². The lowest BCUT2D eigenvalue weighted by atomic mass is 10.1. The molecule has 0 saturated heterocycles. The molecule has 31 heavy (non-hydrogen) atoms. The van der Waals surface area contributed by atoms with Crippen LogP contribution in [0.5, 0.6) is 0 Å². The van der Waals surface area contributed by atoms with Crippen LogP contribution in [0.4, 0.5) is 0 Å². The first kappa shape index (κ1) is 32.4. The number of carboxylic acids is 1. The number of carbonyl (C=O) groups excluding carboxylic acids is 4. The summed E-state index contributed by atoms with van der Waals surface area (Å²) < 4.78 is 13.5. The van der Waals surface area contributed by atoms with Crippen molar-refractivity contribution in [1.29, 1.82) is 0 Å². The zero-order chi connectivity index (χ0) is 25.0. The molecule has 0 unspecified atom stereocenters. The van der Waals surface area contributed by atoms with Crippen molar-refractivity contribution in [3.8, 4) is 0 Å². The summed E-state index contributed by atoms with van der Waals surface area (Å²) in [7, 11) is 1.33. The van der Waals surface area contributed by atoms with Crippen molar-refractivity contribution >= 4 is 29.7 Å². The molecule has 0 atom stereocenters. The average molecular weight is 443 g/mol. The third kappa shape index (κ3) is 24.7. The minimum absolute atomic E-state index is 0.0324. The van der Waals surface area contributed by atoms with Gasteiger partial charge in [0.25, 0.3) is 0 Å². The van der Waals surface area contributed by atoms with E-state index in [4.69, 9.17) is 5.11 Å². The van der Waals surface area contributed by atoms with E-state index in [0.717, 1.165) is 12.8 Å². The minimum atomic E-state index is -0.872. The van der Waals surface area contributed by atoms with Crippen LogP contribution in [0.2, 0.25) is 0 Å². The Morgan fingerprint density at radius 1 is 0.839 bits per heavy atom. The van der Waals surface area contributed by atoms with Crippen LogP contribution in [0.15, 0.2) is 36.5 Å². The molecular formula is C22H34O9. The molecule has 0 heterocycles. The van der Waals surface area contributed by atoms with Crippen molar-refractivity contribution in [2.24, 2.45) is 0 Å². The zero-order valence-corrected chi connectivity index (χ0v) is 19.1. The fourth-order valence-corrected chi connectivity index (χ4v) is 1.34. The highest BCUT2D eigenvalue weighted by Gasteiger charge is 2.07. The second kappa shape index (κ2) is 20.1. The van der Waals surface area contributed by atoms with Crippen molar-refractivity contribution in [3.63, 3.8) is 0 Å². The standard InChI is InChI=1S/C10H14O5.C7H12O2.C5H8O2/c1-7(2)10(13)15-5-4-14-9(12)6-8(3)11;1-3-4-5-6(2)7(8)9;1-4(2)5(6)7-3/h1,4-6H2,2-3H3;2-5H2,1H3,(H,8,9);1H2,2-3H3. The maximum atomic E-state index is 10.8. The Kier molecular flexibility index (Phi) is 21.0. The molecule has 176 valence electrons. The van der Waals surface area contributed by atoms with Gasteiger partial charge < -0.3 is 19.3 Å². The Balaban J connectivity index is -0.000000417. The number of hydrogen-bond donors (Lipinski definition) is 1. The smallest absolute Gasteiger partial charge is 0.333 e. The van der Waals surface area contributed by atoms with Gasteiger partial charge in [-0.15, -0.1) is 0 Å². The van der Waals surface area contributed by atoms with E-state index in [1.54, 1.807) is 6.92 Å². The van der Waals surface area contributed by atoms with Crippen molar-refractivity contribution in [2.45, 2.75) is 53.4 Å². The van der Waals surface area contributed by atoms with Gasteiger partial charge in [-0.3, -0.25) is 9.59 Å². The number of methoxy groups -OCH3 is 1. The number of unbranched alkanes of at least 4 members (excludes halogenated alkanes) is 1. The average Bonchev–Trinajstić information content (AvgIpc) is 2.68. The molecule has 0 aromatic carbocycles. The number of carboxylic acid groups (broad SMARTS) is 1. The van der Waals surface area contributed by atoms with E-state index in [1.807, 2.05) is 6.92 Å². The summed E-state index contributed by atoms with van der Waals surface area (Å²) in [5, 5.41) is 8.31. The summed E-state index contributed by atoms with van der Waals surface area (Å²) in [5.74, 6) is -2.63.